The lowest BCUT2D eigenvalue weighted by atomic mass is 10.1. The fourth-order valence-corrected chi connectivity index (χ4v) is 2.30. The Morgan fingerprint density at radius 2 is 2.05 bits per heavy atom. The summed E-state index contributed by atoms with van der Waals surface area (Å²) in [7, 11) is 0. The number of hydrogen-bond acceptors (Lipinski definition) is 4. The summed E-state index contributed by atoms with van der Waals surface area (Å²) in [5.74, 6) is -0.0142. The predicted octanol–water partition coefficient (Wildman–Crippen LogP) is 3.84. The van der Waals surface area contributed by atoms with E-state index in [4.69, 9.17) is 0 Å². The lowest BCUT2D eigenvalue weighted by Gasteiger charge is -1.99. The van der Waals surface area contributed by atoms with Crippen LogP contribution >= 0.6 is 0 Å². The molecule has 0 fully saturated rings. The van der Waals surface area contributed by atoms with Crippen LogP contribution in [0.3, 0.4) is 0 Å². The molecule has 0 radical (unpaired) electrons. The van der Waals surface area contributed by atoms with Gasteiger partial charge in [0.25, 0.3) is 5.69 Å². The van der Waals surface area contributed by atoms with E-state index in [0.29, 0.717) is 5.56 Å². The first kappa shape index (κ1) is 13.8. The molecule has 2 N–H and O–H groups in total. The van der Waals surface area contributed by atoms with E-state index in [-0.39, 0.29) is 17.3 Å². The van der Waals surface area contributed by atoms with Crippen molar-refractivity contribution in [2.45, 2.75) is 6.92 Å². The molecule has 0 amide bonds. The van der Waals surface area contributed by atoms with Gasteiger partial charge in [-0.2, -0.15) is 0 Å². The molecule has 0 saturated heterocycles. The number of rotatable bonds is 3. The van der Waals surface area contributed by atoms with Gasteiger partial charge in [-0.05, 0) is 24.6 Å². The van der Waals surface area contributed by atoms with Gasteiger partial charge >= 0.3 is 0 Å². The molecule has 110 valence electrons. The van der Waals surface area contributed by atoms with Gasteiger partial charge in [0.1, 0.15) is 5.69 Å². The molecule has 0 aliphatic rings. The van der Waals surface area contributed by atoms with E-state index in [1.807, 2.05) is 24.3 Å². The summed E-state index contributed by atoms with van der Waals surface area (Å²) in [6, 6.07) is 12.2. The number of aliphatic imine (C=N–C) groups is 1. The number of H-pyrrole nitrogens is 1. The zero-order valence-electron chi connectivity index (χ0n) is 11.8. The number of aromatic hydroxyl groups is 1. The van der Waals surface area contributed by atoms with Gasteiger partial charge in [-0.1, -0.05) is 24.3 Å². The molecule has 0 unspecified atom stereocenters. The summed E-state index contributed by atoms with van der Waals surface area (Å²) in [5.41, 5.74) is 2.27. The predicted molar refractivity (Wildman–Crippen MR) is 85.1 cm³/mol. The maximum absolute atomic E-state index is 11.1. The van der Waals surface area contributed by atoms with Gasteiger partial charge in [0.15, 0.2) is 5.88 Å². The minimum absolute atomic E-state index is 0.0142. The summed E-state index contributed by atoms with van der Waals surface area (Å²) in [4.78, 5) is 17.6. The molecular weight excluding hydrogens is 282 g/mol. The number of nitrogens with one attached hydrogen (secondary N) is 1. The molecule has 0 atom stereocenters. The van der Waals surface area contributed by atoms with E-state index in [2.05, 4.69) is 9.98 Å². The van der Waals surface area contributed by atoms with E-state index in [9.17, 15) is 15.2 Å². The largest absolute Gasteiger partial charge is 0.494 e. The van der Waals surface area contributed by atoms with Crippen molar-refractivity contribution in [3.63, 3.8) is 0 Å². The Balaban J connectivity index is 2.07. The maximum atomic E-state index is 11.1. The standard InChI is InChI=1S/C16H13N3O3/c1-10-6-7-14(15(8-10)19(21)22)17-9-12-11-4-2-3-5-13(11)18-16(12)20/h2-9,18,20H,1H3. The Labute approximate surface area is 125 Å². The van der Waals surface area contributed by atoms with Crippen LogP contribution in [0.15, 0.2) is 47.5 Å². The summed E-state index contributed by atoms with van der Waals surface area (Å²) >= 11 is 0. The second kappa shape index (κ2) is 5.33. The average Bonchev–Trinajstić information content (AvgIpc) is 2.81. The molecule has 22 heavy (non-hydrogen) atoms. The lowest BCUT2D eigenvalue weighted by Crippen LogP contribution is -1.90. The molecule has 3 aromatic rings. The fraction of sp³-hybridized carbons (Fsp3) is 0.0625. The lowest BCUT2D eigenvalue weighted by molar-refractivity contribution is -0.384. The van der Waals surface area contributed by atoms with Crippen molar-refractivity contribution in [1.29, 1.82) is 0 Å². The summed E-state index contributed by atoms with van der Waals surface area (Å²) in [6.07, 6.45) is 1.44. The average molecular weight is 295 g/mol. The van der Waals surface area contributed by atoms with Gasteiger partial charge < -0.3 is 10.1 Å². The fourth-order valence-electron chi connectivity index (χ4n) is 2.30. The number of aryl methyl sites for hydroxylation is 1. The molecule has 2 aromatic carbocycles. The molecule has 6 nitrogen and oxygen atoms in total. The monoisotopic (exact) mass is 295 g/mol. The van der Waals surface area contributed by atoms with Gasteiger partial charge in [-0.25, -0.2) is 4.99 Å². The Morgan fingerprint density at radius 3 is 2.82 bits per heavy atom. The van der Waals surface area contributed by atoms with Gasteiger partial charge in [0.05, 0.1) is 10.5 Å². The van der Waals surface area contributed by atoms with E-state index >= 15 is 0 Å². The zero-order valence-corrected chi connectivity index (χ0v) is 11.8. The Bertz CT molecular complexity index is 897. The third-order valence-electron chi connectivity index (χ3n) is 3.39. The van der Waals surface area contributed by atoms with E-state index in [1.54, 1.807) is 19.1 Å². The molecule has 6 heteroatoms. The van der Waals surface area contributed by atoms with E-state index in [0.717, 1.165) is 16.5 Å². The molecular formula is C16H13N3O3. The second-order valence-electron chi connectivity index (χ2n) is 4.94. The Kier molecular flexibility index (Phi) is 3.34. The van der Waals surface area contributed by atoms with Crippen LogP contribution in [0.1, 0.15) is 11.1 Å². The normalized spacial score (nSPS) is 11.3. The van der Waals surface area contributed by atoms with Crippen molar-refractivity contribution in [3.05, 3.63) is 63.7 Å². The topological polar surface area (TPSA) is 91.5 Å². The van der Waals surface area contributed by atoms with Crippen molar-refractivity contribution in [2.24, 2.45) is 4.99 Å². The van der Waals surface area contributed by atoms with Crippen LogP contribution in [-0.2, 0) is 0 Å². The number of nitro benzene ring substituents is 1. The van der Waals surface area contributed by atoms with Crippen LogP contribution in [0.4, 0.5) is 11.4 Å². The first-order chi connectivity index (χ1) is 10.6. The second-order valence-corrected chi connectivity index (χ2v) is 4.94. The smallest absolute Gasteiger partial charge is 0.295 e. The summed E-state index contributed by atoms with van der Waals surface area (Å²) in [6.45, 7) is 1.78. The van der Waals surface area contributed by atoms with Crippen molar-refractivity contribution >= 4 is 28.5 Å². The zero-order chi connectivity index (χ0) is 15.7. The van der Waals surface area contributed by atoms with Gasteiger partial charge in [0, 0.05) is 23.2 Å². The van der Waals surface area contributed by atoms with Gasteiger partial charge in [-0.15, -0.1) is 0 Å². The SMILES string of the molecule is Cc1ccc(N=Cc2c(O)[nH]c3ccccc23)c([N+](=O)[O-])c1. The molecule has 0 spiro atoms. The van der Waals surface area contributed by atoms with E-state index < -0.39 is 4.92 Å². The highest BCUT2D eigenvalue weighted by Crippen LogP contribution is 2.30. The van der Waals surface area contributed by atoms with Crippen molar-refractivity contribution in [2.75, 3.05) is 0 Å². The maximum Gasteiger partial charge on any atom is 0.295 e. The number of nitrogens with zero attached hydrogens (tertiary/aromatic N) is 2. The summed E-state index contributed by atoms with van der Waals surface area (Å²) in [5, 5.41) is 21.8. The number of para-hydroxylation sites is 1. The molecule has 0 aliphatic carbocycles. The van der Waals surface area contributed by atoms with Crippen LogP contribution in [0, 0.1) is 17.0 Å². The van der Waals surface area contributed by atoms with Gasteiger partial charge in [-0.3, -0.25) is 10.1 Å². The number of benzene rings is 2. The summed E-state index contributed by atoms with van der Waals surface area (Å²) < 4.78 is 0. The number of aromatic nitrogens is 1. The molecule has 1 aromatic heterocycles. The highest BCUT2D eigenvalue weighted by molar-refractivity contribution is 6.02. The quantitative estimate of drug-likeness (QED) is 0.437. The molecule has 0 bridgehead atoms. The molecule has 3 rings (SSSR count). The van der Waals surface area contributed by atoms with E-state index in [1.165, 1.54) is 12.3 Å². The van der Waals surface area contributed by atoms with Crippen LogP contribution in [-0.4, -0.2) is 21.2 Å². The third kappa shape index (κ3) is 2.42. The van der Waals surface area contributed by atoms with Crippen molar-refractivity contribution in [1.82, 2.24) is 4.98 Å². The first-order valence-electron chi connectivity index (χ1n) is 6.65. The first-order valence-corrected chi connectivity index (χ1v) is 6.65. The molecule has 0 saturated carbocycles. The minimum atomic E-state index is -0.464. The van der Waals surface area contributed by atoms with Crippen molar-refractivity contribution in [3.8, 4) is 5.88 Å². The number of fused-ring (bicyclic) bond motifs is 1. The Hall–Kier alpha value is -3.15. The minimum Gasteiger partial charge on any atom is -0.494 e. The number of aromatic amines is 1. The van der Waals surface area contributed by atoms with Crippen molar-refractivity contribution < 1.29 is 10.0 Å². The Morgan fingerprint density at radius 1 is 1.27 bits per heavy atom. The third-order valence-corrected chi connectivity index (χ3v) is 3.39. The highest BCUT2D eigenvalue weighted by Gasteiger charge is 2.13. The number of hydrogen-bond donors (Lipinski definition) is 2. The number of nitro groups is 1. The molecule has 0 aliphatic heterocycles. The van der Waals surface area contributed by atoms with Crippen LogP contribution in [0.2, 0.25) is 0 Å². The van der Waals surface area contributed by atoms with Crippen LogP contribution < -0.4 is 0 Å². The highest BCUT2D eigenvalue weighted by atomic mass is 16.6. The molecule has 1 heterocycles. The van der Waals surface area contributed by atoms with Crippen LogP contribution in [0.25, 0.3) is 10.9 Å². The van der Waals surface area contributed by atoms with Gasteiger partial charge in [0.2, 0.25) is 0 Å². The van der Waals surface area contributed by atoms with Crippen LogP contribution in [0.5, 0.6) is 5.88 Å².